The summed E-state index contributed by atoms with van der Waals surface area (Å²) in [5.41, 5.74) is 0.340. The summed E-state index contributed by atoms with van der Waals surface area (Å²) in [6, 6.07) is 4.53. The van der Waals surface area contributed by atoms with Crippen LogP contribution in [0.25, 0.3) is 0 Å². The van der Waals surface area contributed by atoms with E-state index in [2.05, 4.69) is 12.2 Å². The van der Waals surface area contributed by atoms with Crippen molar-refractivity contribution in [3.05, 3.63) is 39.7 Å². The molecule has 0 saturated carbocycles. The molecule has 0 aliphatic heterocycles. The summed E-state index contributed by atoms with van der Waals surface area (Å²) < 4.78 is 13.4. The van der Waals surface area contributed by atoms with E-state index in [4.69, 9.17) is 0 Å². The molecule has 1 rings (SSSR count). The molecule has 1 aromatic rings. The van der Waals surface area contributed by atoms with Crippen LogP contribution in [0.3, 0.4) is 0 Å². The van der Waals surface area contributed by atoms with Crippen LogP contribution < -0.4 is 5.32 Å². The highest BCUT2D eigenvalue weighted by Crippen LogP contribution is 2.19. The molecule has 5 heteroatoms. The van der Waals surface area contributed by atoms with E-state index in [-0.39, 0.29) is 0 Å². The van der Waals surface area contributed by atoms with Crippen LogP contribution in [0.1, 0.15) is 32.3 Å². The van der Waals surface area contributed by atoms with Crippen molar-refractivity contribution in [2.45, 2.75) is 39.2 Å². The third-order valence-electron chi connectivity index (χ3n) is 2.98. The molecular formula is C13H19FN2O2. The van der Waals surface area contributed by atoms with Gasteiger partial charge in [0, 0.05) is 12.1 Å². The molecule has 100 valence electrons. The van der Waals surface area contributed by atoms with Crippen molar-refractivity contribution in [1.82, 2.24) is 5.32 Å². The van der Waals surface area contributed by atoms with Gasteiger partial charge in [-0.3, -0.25) is 10.1 Å². The summed E-state index contributed by atoms with van der Waals surface area (Å²) in [5, 5.41) is 13.8. The Labute approximate surface area is 106 Å². The largest absolute Gasteiger partial charge is 0.314 e. The van der Waals surface area contributed by atoms with Gasteiger partial charge in [-0.25, -0.2) is 0 Å². The second kappa shape index (κ2) is 7.06. The average molecular weight is 254 g/mol. The topological polar surface area (TPSA) is 55.2 Å². The van der Waals surface area contributed by atoms with E-state index in [0.717, 1.165) is 31.4 Å². The number of aryl methyl sites for hydroxylation is 1. The molecule has 0 aliphatic carbocycles. The van der Waals surface area contributed by atoms with E-state index >= 15 is 0 Å². The summed E-state index contributed by atoms with van der Waals surface area (Å²) >= 11 is 0. The molecule has 0 radical (unpaired) electrons. The number of hydrogen-bond donors (Lipinski definition) is 1. The van der Waals surface area contributed by atoms with Gasteiger partial charge in [0.25, 0.3) is 0 Å². The molecule has 0 amide bonds. The summed E-state index contributed by atoms with van der Waals surface area (Å²) in [7, 11) is 0. The van der Waals surface area contributed by atoms with Crippen LogP contribution in [0.4, 0.5) is 10.1 Å². The predicted molar refractivity (Wildman–Crippen MR) is 69.1 cm³/mol. The van der Waals surface area contributed by atoms with Gasteiger partial charge in [-0.05, 0) is 37.4 Å². The first-order chi connectivity index (χ1) is 8.58. The standard InChI is InChI=1S/C13H19FN2O2/c1-3-11(15-4-2)7-5-10-6-8-13(16(17)18)12(14)9-10/h6,8-9,11,15H,3-5,7H2,1-2H3. The fraction of sp³-hybridized carbons (Fsp3) is 0.538. The van der Waals surface area contributed by atoms with Crippen LogP contribution >= 0.6 is 0 Å². The van der Waals surface area contributed by atoms with Gasteiger partial charge in [-0.2, -0.15) is 4.39 Å². The highest BCUT2D eigenvalue weighted by atomic mass is 19.1. The Balaban J connectivity index is 2.63. The number of nitrogens with one attached hydrogen (secondary N) is 1. The van der Waals surface area contributed by atoms with Gasteiger partial charge in [-0.15, -0.1) is 0 Å². The molecule has 4 nitrogen and oxygen atoms in total. The third-order valence-corrected chi connectivity index (χ3v) is 2.98. The number of nitro benzene ring substituents is 1. The maximum atomic E-state index is 13.4. The smallest absolute Gasteiger partial charge is 0.304 e. The second-order valence-corrected chi connectivity index (χ2v) is 4.24. The normalized spacial score (nSPS) is 12.4. The summed E-state index contributed by atoms with van der Waals surface area (Å²) in [4.78, 5) is 9.78. The molecule has 1 N–H and O–H groups in total. The van der Waals surface area contributed by atoms with Crippen LogP contribution in [-0.4, -0.2) is 17.5 Å². The monoisotopic (exact) mass is 254 g/mol. The van der Waals surface area contributed by atoms with E-state index in [1.807, 2.05) is 6.92 Å². The molecule has 0 heterocycles. The first-order valence-electron chi connectivity index (χ1n) is 6.24. The maximum Gasteiger partial charge on any atom is 0.304 e. The molecular weight excluding hydrogens is 235 g/mol. The molecule has 0 spiro atoms. The Hall–Kier alpha value is -1.49. The first kappa shape index (κ1) is 14.6. The van der Waals surface area contributed by atoms with E-state index in [9.17, 15) is 14.5 Å². The Morgan fingerprint density at radius 3 is 2.67 bits per heavy atom. The number of benzene rings is 1. The van der Waals surface area contributed by atoms with Crippen molar-refractivity contribution in [3.63, 3.8) is 0 Å². The molecule has 0 aromatic heterocycles. The van der Waals surface area contributed by atoms with Crippen LogP contribution in [0, 0.1) is 15.9 Å². The molecule has 0 bridgehead atoms. The Morgan fingerprint density at radius 2 is 2.17 bits per heavy atom. The van der Waals surface area contributed by atoms with Crippen LogP contribution in [0.5, 0.6) is 0 Å². The third kappa shape index (κ3) is 4.07. The molecule has 1 atom stereocenters. The molecule has 1 unspecified atom stereocenters. The predicted octanol–water partition coefficient (Wildman–Crippen LogP) is 3.05. The molecule has 18 heavy (non-hydrogen) atoms. The summed E-state index contributed by atoms with van der Waals surface area (Å²) in [6.07, 6.45) is 2.64. The fourth-order valence-electron chi connectivity index (χ4n) is 1.93. The van der Waals surface area contributed by atoms with Gasteiger partial charge < -0.3 is 5.32 Å². The highest BCUT2D eigenvalue weighted by Gasteiger charge is 2.14. The number of nitro groups is 1. The Bertz CT molecular complexity index is 410. The van der Waals surface area contributed by atoms with Gasteiger partial charge >= 0.3 is 5.69 Å². The van der Waals surface area contributed by atoms with Crippen molar-refractivity contribution < 1.29 is 9.31 Å². The Kier molecular flexibility index (Phi) is 5.71. The summed E-state index contributed by atoms with van der Waals surface area (Å²) in [6.45, 7) is 5.06. The molecule has 0 fully saturated rings. The minimum atomic E-state index is -0.756. The van der Waals surface area contributed by atoms with Crippen LogP contribution in [0.2, 0.25) is 0 Å². The average Bonchev–Trinajstić information content (AvgIpc) is 2.34. The lowest BCUT2D eigenvalue weighted by Gasteiger charge is -2.15. The van der Waals surface area contributed by atoms with Gasteiger partial charge in [0.15, 0.2) is 0 Å². The van der Waals surface area contributed by atoms with Gasteiger partial charge in [0.2, 0.25) is 5.82 Å². The van der Waals surface area contributed by atoms with Crippen molar-refractivity contribution in [3.8, 4) is 0 Å². The lowest BCUT2D eigenvalue weighted by molar-refractivity contribution is -0.387. The van der Waals surface area contributed by atoms with Crippen LogP contribution in [0.15, 0.2) is 18.2 Å². The fourth-order valence-corrected chi connectivity index (χ4v) is 1.93. The van der Waals surface area contributed by atoms with Gasteiger partial charge in [0.1, 0.15) is 0 Å². The van der Waals surface area contributed by atoms with Crippen molar-refractivity contribution in [2.75, 3.05) is 6.54 Å². The zero-order valence-electron chi connectivity index (χ0n) is 10.8. The molecule has 0 aliphatic rings. The second-order valence-electron chi connectivity index (χ2n) is 4.24. The highest BCUT2D eigenvalue weighted by molar-refractivity contribution is 5.35. The van der Waals surface area contributed by atoms with E-state index < -0.39 is 16.4 Å². The number of rotatable bonds is 7. The quantitative estimate of drug-likeness (QED) is 0.601. The van der Waals surface area contributed by atoms with E-state index in [0.29, 0.717) is 6.04 Å². The van der Waals surface area contributed by atoms with E-state index in [1.165, 1.54) is 12.1 Å². The van der Waals surface area contributed by atoms with Crippen LogP contribution in [-0.2, 0) is 6.42 Å². The number of nitrogens with zero attached hydrogens (tertiary/aromatic N) is 1. The van der Waals surface area contributed by atoms with Crippen molar-refractivity contribution >= 4 is 5.69 Å². The summed E-state index contributed by atoms with van der Waals surface area (Å²) in [5.74, 6) is -0.756. The SMILES string of the molecule is CCNC(CC)CCc1ccc([N+](=O)[O-])c(F)c1. The van der Waals surface area contributed by atoms with Crippen molar-refractivity contribution in [1.29, 1.82) is 0 Å². The maximum absolute atomic E-state index is 13.4. The molecule has 0 saturated heterocycles. The minimum Gasteiger partial charge on any atom is -0.314 e. The number of hydrogen-bond acceptors (Lipinski definition) is 3. The zero-order chi connectivity index (χ0) is 13.5. The zero-order valence-corrected chi connectivity index (χ0v) is 10.8. The minimum absolute atomic E-state index is 0.410. The molecule has 1 aromatic carbocycles. The van der Waals surface area contributed by atoms with Gasteiger partial charge in [0.05, 0.1) is 4.92 Å². The lowest BCUT2D eigenvalue weighted by Crippen LogP contribution is -2.28. The first-order valence-corrected chi connectivity index (χ1v) is 6.24. The van der Waals surface area contributed by atoms with Gasteiger partial charge in [-0.1, -0.05) is 19.9 Å². The van der Waals surface area contributed by atoms with E-state index in [1.54, 1.807) is 6.07 Å². The Morgan fingerprint density at radius 1 is 1.44 bits per heavy atom. The van der Waals surface area contributed by atoms with Crippen molar-refractivity contribution in [2.24, 2.45) is 0 Å². The number of halogens is 1. The lowest BCUT2D eigenvalue weighted by atomic mass is 10.0.